The molecule has 0 aromatic carbocycles. The molecule has 1 N–H and O–H groups in total. The average molecular weight is 311 g/mol. The molecule has 3 rings (SSSR count). The van der Waals surface area contributed by atoms with Gasteiger partial charge >= 0.3 is 0 Å². The predicted octanol–water partition coefficient (Wildman–Crippen LogP) is 1.96. The molecule has 1 aliphatic carbocycles. The van der Waals surface area contributed by atoms with Gasteiger partial charge in [0, 0.05) is 18.8 Å². The maximum atomic E-state index is 13.4. The molecule has 1 aliphatic heterocycles. The highest BCUT2D eigenvalue weighted by Crippen LogP contribution is 2.28. The zero-order chi connectivity index (χ0) is 11.7. The Morgan fingerprint density at radius 2 is 2.21 bits per heavy atom. The second-order valence-corrected chi connectivity index (χ2v) is 4.42. The third kappa shape index (κ3) is 3.48. The van der Waals surface area contributed by atoms with E-state index in [0.29, 0.717) is 12.6 Å². The van der Waals surface area contributed by atoms with E-state index in [4.69, 9.17) is 9.47 Å². The van der Waals surface area contributed by atoms with Gasteiger partial charge in [0.15, 0.2) is 5.82 Å². The number of halogens is 3. The van der Waals surface area contributed by atoms with Crippen LogP contribution >= 0.6 is 24.8 Å². The molecule has 4 nitrogen and oxygen atoms in total. The van der Waals surface area contributed by atoms with Crippen molar-refractivity contribution in [2.45, 2.75) is 31.1 Å². The Morgan fingerprint density at radius 3 is 3.00 bits per heavy atom. The number of rotatable bonds is 2. The first-order valence-electron chi connectivity index (χ1n) is 5.97. The van der Waals surface area contributed by atoms with E-state index in [2.05, 4.69) is 10.3 Å². The molecule has 1 aromatic rings. The minimum atomic E-state index is -0.417. The molecule has 2 fully saturated rings. The second kappa shape index (κ2) is 7.24. The van der Waals surface area contributed by atoms with Crippen LogP contribution < -0.4 is 10.1 Å². The van der Waals surface area contributed by atoms with Crippen LogP contribution in [-0.4, -0.2) is 36.4 Å². The van der Waals surface area contributed by atoms with Crippen LogP contribution in [0.5, 0.6) is 5.88 Å². The summed E-state index contributed by atoms with van der Waals surface area (Å²) in [6.07, 6.45) is 3.33. The number of ether oxygens (including phenoxy) is 2. The van der Waals surface area contributed by atoms with Gasteiger partial charge in [0.1, 0.15) is 12.2 Å². The first-order valence-corrected chi connectivity index (χ1v) is 5.97. The standard InChI is InChI=1S/C12H15FN2O2.2ClH/c13-8-2-1-5-15-12(8)17-10-4-3-9-11(10)16-7-6-14-9;;/h1-2,5,9-11,14H,3-4,6-7H2;2*1H/t9-,10-,11+;;/m0../s1. The van der Waals surface area contributed by atoms with Gasteiger partial charge in [-0.15, -0.1) is 24.8 Å². The molecule has 1 saturated heterocycles. The zero-order valence-electron chi connectivity index (χ0n) is 10.3. The van der Waals surface area contributed by atoms with E-state index in [1.807, 2.05) is 0 Å². The molecule has 1 aromatic heterocycles. The molecule has 2 heterocycles. The van der Waals surface area contributed by atoms with Crippen LogP contribution in [0.4, 0.5) is 4.39 Å². The smallest absolute Gasteiger partial charge is 0.250 e. The van der Waals surface area contributed by atoms with Crippen LogP contribution in [0.2, 0.25) is 0 Å². The highest BCUT2D eigenvalue weighted by Gasteiger charge is 2.40. The summed E-state index contributed by atoms with van der Waals surface area (Å²) in [6, 6.07) is 3.24. The summed E-state index contributed by atoms with van der Waals surface area (Å²) >= 11 is 0. The van der Waals surface area contributed by atoms with Crippen molar-refractivity contribution in [3.63, 3.8) is 0 Å². The fourth-order valence-corrected chi connectivity index (χ4v) is 2.54. The lowest BCUT2D eigenvalue weighted by molar-refractivity contribution is -0.0427. The lowest BCUT2D eigenvalue weighted by Gasteiger charge is -2.30. The molecule has 0 amide bonds. The quantitative estimate of drug-likeness (QED) is 0.907. The van der Waals surface area contributed by atoms with E-state index in [9.17, 15) is 4.39 Å². The molecule has 108 valence electrons. The van der Waals surface area contributed by atoms with Gasteiger partial charge in [-0.3, -0.25) is 0 Å². The van der Waals surface area contributed by atoms with E-state index in [0.717, 1.165) is 19.4 Å². The van der Waals surface area contributed by atoms with Gasteiger partial charge in [-0.2, -0.15) is 0 Å². The number of aromatic nitrogens is 1. The Labute approximate surface area is 123 Å². The summed E-state index contributed by atoms with van der Waals surface area (Å²) in [5, 5.41) is 3.39. The van der Waals surface area contributed by atoms with Crippen molar-refractivity contribution in [3.05, 3.63) is 24.1 Å². The Hall–Kier alpha value is -0.620. The topological polar surface area (TPSA) is 43.4 Å². The summed E-state index contributed by atoms with van der Waals surface area (Å²) in [5.41, 5.74) is 0. The number of hydrogen-bond donors (Lipinski definition) is 1. The summed E-state index contributed by atoms with van der Waals surface area (Å²) < 4.78 is 24.7. The highest BCUT2D eigenvalue weighted by atomic mass is 35.5. The molecule has 7 heteroatoms. The summed E-state index contributed by atoms with van der Waals surface area (Å²) in [4.78, 5) is 3.91. The van der Waals surface area contributed by atoms with Crippen molar-refractivity contribution in [2.75, 3.05) is 13.2 Å². The lowest BCUT2D eigenvalue weighted by atomic mass is 10.2. The molecule has 3 atom stereocenters. The SMILES string of the molecule is Cl.Cl.Fc1cccnc1O[C@H]1CC[C@@H]2NCCO[C@H]21. The Morgan fingerprint density at radius 1 is 1.37 bits per heavy atom. The van der Waals surface area contributed by atoms with Gasteiger partial charge in [0.05, 0.1) is 6.61 Å². The molecule has 1 saturated carbocycles. The Bertz CT molecular complexity index is 411. The number of nitrogens with one attached hydrogen (secondary N) is 1. The monoisotopic (exact) mass is 310 g/mol. The fraction of sp³-hybridized carbons (Fsp3) is 0.583. The second-order valence-electron chi connectivity index (χ2n) is 4.42. The normalized spacial score (nSPS) is 28.8. The molecule has 19 heavy (non-hydrogen) atoms. The molecule has 0 unspecified atom stereocenters. The molecular weight excluding hydrogens is 294 g/mol. The van der Waals surface area contributed by atoms with Crippen LogP contribution in [0.15, 0.2) is 18.3 Å². The van der Waals surface area contributed by atoms with Crippen molar-refractivity contribution < 1.29 is 13.9 Å². The highest BCUT2D eigenvalue weighted by molar-refractivity contribution is 5.85. The zero-order valence-corrected chi connectivity index (χ0v) is 11.9. The summed E-state index contributed by atoms with van der Waals surface area (Å²) in [6.45, 7) is 1.57. The van der Waals surface area contributed by atoms with Crippen LogP contribution in [0.3, 0.4) is 0 Å². The number of morpholine rings is 1. The maximum Gasteiger partial charge on any atom is 0.250 e. The average Bonchev–Trinajstić information content (AvgIpc) is 2.76. The van der Waals surface area contributed by atoms with Crippen molar-refractivity contribution in [3.8, 4) is 5.88 Å². The van der Waals surface area contributed by atoms with E-state index in [1.165, 1.54) is 12.3 Å². The fourth-order valence-electron chi connectivity index (χ4n) is 2.54. The third-order valence-corrected chi connectivity index (χ3v) is 3.33. The van der Waals surface area contributed by atoms with Crippen LogP contribution in [0.1, 0.15) is 12.8 Å². The van der Waals surface area contributed by atoms with Crippen LogP contribution in [-0.2, 0) is 4.74 Å². The van der Waals surface area contributed by atoms with Gasteiger partial charge in [-0.05, 0) is 25.0 Å². The van der Waals surface area contributed by atoms with Crippen LogP contribution in [0, 0.1) is 5.82 Å². The van der Waals surface area contributed by atoms with E-state index >= 15 is 0 Å². The third-order valence-electron chi connectivity index (χ3n) is 3.33. The molecule has 0 spiro atoms. The molecule has 0 bridgehead atoms. The van der Waals surface area contributed by atoms with Crippen LogP contribution in [0.25, 0.3) is 0 Å². The van der Waals surface area contributed by atoms with Crippen molar-refractivity contribution in [2.24, 2.45) is 0 Å². The van der Waals surface area contributed by atoms with Gasteiger partial charge in [0.2, 0.25) is 0 Å². The number of hydrogen-bond acceptors (Lipinski definition) is 4. The molecular formula is C12H17Cl2FN2O2. The minimum absolute atomic E-state index is 0. The first-order chi connectivity index (χ1) is 8.34. The van der Waals surface area contributed by atoms with E-state index < -0.39 is 5.82 Å². The number of fused-ring (bicyclic) bond motifs is 1. The minimum Gasteiger partial charge on any atom is -0.469 e. The molecule has 2 aliphatic rings. The predicted molar refractivity (Wildman–Crippen MR) is 73.9 cm³/mol. The van der Waals surface area contributed by atoms with Gasteiger partial charge < -0.3 is 14.8 Å². The van der Waals surface area contributed by atoms with Crippen molar-refractivity contribution in [1.82, 2.24) is 10.3 Å². The number of nitrogens with zero attached hydrogens (tertiary/aromatic N) is 1. The Kier molecular flexibility index (Phi) is 6.26. The lowest BCUT2D eigenvalue weighted by Crippen LogP contribution is -2.49. The largest absolute Gasteiger partial charge is 0.469 e. The maximum absolute atomic E-state index is 13.4. The van der Waals surface area contributed by atoms with E-state index in [1.54, 1.807) is 6.07 Å². The van der Waals surface area contributed by atoms with Crippen molar-refractivity contribution in [1.29, 1.82) is 0 Å². The number of pyridine rings is 1. The molecule has 0 radical (unpaired) electrons. The van der Waals surface area contributed by atoms with E-state index in [-0.39, 0.29) is 42.9 Å². The summed E-state index contributed by atoms with van der Waals surface area (Å²) in [7, 11) is 0. The Balaban J connectivity index is 0.000000902. The van der Waals surface area contributed by atoms with Gasteiger partial charge in [0.25, 0.3) is 5.88 Å². The summed E-state index contributed by atoms with van der Waals surface area (Å²) in [5.74, 6) is -0.341. The van der Waals surface area contributed by atoms with Gasteiger partial charge in [-0.25, -0.2) is 9.37 Å². The van der Waals surface area contributed by atoms with Gasteiger partial charge in [-0.1, -0.05) is 0 Å². The van der Waals surface area contributed by atoms with Crippen molar-refractivity contribution >= 4 is 24.8 Å². The first kappa shape index (κ1) is 16.4.